The van der Waals surface area contributed by atoms with Crippen LogP contribution in [0.1, 0.15) is 24.2 Å². The summed E-state index contributed by atoms with van der Waals surface area (Å²) in [6.45, 7) is 3.84. The van der Waals surface area contributed by atoms with E-state index in [1.165, 1.54) is 0 Å². The van der Waals surface area contributed by atoms with Gasteiger partial charge in [-0.3, -0.25) is 0 Å². The predicted molar refractivity (Wildman–Crippen MR) is 95.7 cm³/mol. The molecule has 5 heteroatoms. The van der Waals surface area contributed by atoms with Crippen molar-refractivity contribution in [2.75, 3.05) is 13.2 Å². The summed E-state index contributed by atoms with van der Waals surface area (Å²) in [4.78, 5) is 0. The van der Waals surface area contributed by atoms with E-state index in [1.54, 1.807) is 0 Å². The second-order valence-corrected chi connectivity index (χ2v) is 5.61. The molecule has 2 aromatic rings. The molecule has 0 spiro atoms. The largest absolute Gasteiger partial charge is 0.493 e. The van der Waals surface area contributed by atoms with E-state index >= 15 is 0 Å². The zero-order valence-corrected chi connectivity index (χ0v) is 14.9. The molecule has 0 aliphatic rings. The Morgan fingerprint density at radius 1 is 1.18 bits per heavy atom. The monoisotopic (exact) mass is 385 g/mol. The van der Waals surface area contributed by atoms with Crippen molar-refractivity contribution in [1.82, 2.24) is 5.32 Å². The van der Waals surface area contributed by atoms with Crippen LogP contribution in [0.4, 0.5) is 0 Å². The van der Waals surface area contributed by atoms with Crippen molar-refractivity contribution >= 4 is 28.3 Å². The summed E-state index contributed by atoms with van der Waals surface area (Å²) in [5.41, 5.74) is 2.07. The van der Waals surface area contributed by atoms with Crippen LogP contribution < -0.4 is 10.1 Å². The molecule has 1 unspecified atom stereocenters. The first-order valence-electron chi connectivity index (χ1n) is 7.05. The predicted octanol–water partition coefficient (Wildman–Crippen LogP) is 4.09. The SMILES string of the molecule is CCOc1ccc(CNCC(O)c2ccccc2)cc1Br.Cl. The zero-order valence-electron chi connectivity index (χ0n) is 12.5. The number of aliphatic hydroxyl groups excluding tert-OH is 1. The number of rotatable bonds is 7. The fourth-order valence-electron chi connectivity index (χ4n) is 2.07. The van der Waals surface area contributed by atoms with Gasteiger partial charge < -0.3 is 15.2 Å². The van der Waals surface area contributed by atoms with Crippen LogP contribution in [-0.2, 0) is 6.54 Å². The van der Waals surface area contributed by atoms with Gasteiger partial charge in [0.1, 0.15) is 5.75 Å². The number of hydrogen-bond donors (Lipinski definition) is 2. The van der Waals surface area contributed by atoms with E-state index in [1.807, 2.05) is 55.5 Å². The summed E-state index contributed by atoms with van der Waals surface area (Å²) >= 11 is 3.50. The third kappa shape index (κ3) is 5.61. The van der Waals surface area contributed by atoms with Crippen LogP contribution in [0.5, 0.6) is 5.75 Å². The van der Waals surface area contributed by atoms with Gasteiger partial charge in [0.25, 0.3) is 0 Å². The maximum Gasteiger partial charge on any atom is 0.133 e. The Labute approximate surface area is 146 Å². The molecular formula is C17H21BrClNO2. The number of ether oxygens (including phenoxy) is 1. The van der Waals surface area contributed by atoms with Gasteiger partial charge in [-0.15, -0.1) is 12.4 Å². The highest BCUT2D eigenvalue weighted by atomic mass is 79.9. The first-order chi connectivity index (χ1) is 10.2. The van der Waals surface area contributed by atoms with Crippen molar-refractivity contribution in [3.05, 3.63) is 64.1 Å². The molecule has 0 amide bonds. The molecule has 120 valence electrons. The summed E-state index contributed by atoms with van der Waals surface area (Å²) in [6.07, 6.45) is -0.489. The fourth-order valence-corrected chi connectivity index (χ4v) is 2.61. The number of nitrogens with one attached hydrogen (secondary N) is 1. The maximum absolute atomic E-state index is 10.1. The molecule has 0 fully saturated rings. The van der Waals surface area contributed by atoms with E-state index in [2.05, 4.69) is 21.2 Å². The highest BCUT2D eigenvalue weighted by Gasteiger charge is 2.07. The summed E-state index contributed by atoms with van der Waals surface area (Å²) in [5.74, 6) is 0.852. The van der Waals surface area contributed by atoms with Gasteiger partial charge in [0, 0.05) is 13.1 Å². The lowest BCUT2D eigenvalue weighted by Gasteiger charge is -2.13. The Bertz CT molecular complexity index is 566. The van der Waals surface area contributed by atoms with Crippen molar-refractivity contribution < 1.29 is 9.84 Å². The molecule has 0 heterocycles. The molecule has 2 N–H and O–H groups in total. The second-order valence-electron chi connectivity index (χ2n) is 4.76. The third-order valence-electron chi connectivity index (χ3n) is 3.15. The topological polar surface area (TPSA) is 41.5 Å². The summed E-state index contributed by atoms with van der Waals surface area (Å²) in [5, 5.41) is 13.3. The van der Waals surface area contributed by atoms with Gasteiger partial charge in [0.2, 0.25) is 0 Å². The Hall–Kier alpha value is -1.07. The van der Waals surface area contributed by atoms with E-state index < -0.39 is 6.10 Å². The molecule has 0 saturated heterocycles. The highest BCUT2D eigenvalue weighted by molar-refractivity contribution is 9.10. The third-order valence-corrected chi connectivity index (χ3v) is 3.77. The zero-order chi connectivity index (χ0) is 15.1. The molecule has 0 radical (unpaired) electrons. The molecule has 0 aromatic heterocycles. The number of halogens is 2. The molecular weight excluding hydrogens is 366 g/mol. The smallest absolute Gasteiger partial charge is 0.133 e. The summed E-state index contributed by atoms with van der Waals surface area (Å²) in [7, 11) is 0. The molecule has 0 saturated carbocycles. The van der Waals surface area contributed by atoms with E-state index in [0.717, 1.165) is 21.3 Å². The van der Waals surface area contributed by atoms with Crippen molar-refractivity contribution in [2.24, 2.45) is 0 Å². The van der Waals surface area contributed by atoms with Crippen LogP contribution in [0.2, 0.25) is 0 Å². The standard InChI is InChI=1S/C17H20BrNO2.ClH/c1-2-21-17-9-8-13(10-15(17)18)11-19-12-16(20)14-6-4-3-5-7-14;/h3-10,16,19-20H,2,11-12H2,1H3;1H. The lowest BCUT2D eigenvalue weighted by Crippen LogP contribution is -2.21. The lowest BCUT2D eigenvalue weighted by atomic mass is 10.1. The van der Waals surface area contributed by atoms with Crippen LogP contribution in [0, 0.1) is 0 Å². The minimum Gasteiger partial charge on any atom is -0.493 e. The molecule has 2 rings (SSSR count). The summed E-state index contributed by atoms with van der Waals surface area (Å²) < 4.78 is 6.44. The molecule has 3 nitrogen and oxygen atoms in total. The van der Waals surface area contributed by atoms with Gasteiger partial charge in [0.15, 0.2) is 0 Å². The fraction of sp³-hybridized carbons (Fsp3) is 0.294. The van der Waals surface area contributed by atoms with Crippen LogP contribution >= 0.6 is 28.3 Å². The van der Waals surface area contributed by atoms with Crippen LogP contribution in [-0.4, -0.2) is 18.3 Å². The first kappa shape index (κ1) is 19.0. The average Bonchev–Trinajstić information content (AvgIpc) is 2.51. The van der Waals surface area contributed by atoms with E-state index in [0.29, 0.717) is 19.7 Å². The lowest BCUT2D eigenvalue weighted by molar-refractivity contribution is 0.174. The van der Waals surface area contributed by atoms with Crippen molar-refractivity contribution in [1.29, 1.82) is 0 Å². The summed E-state index contributed by atoms with van der Waals surface area (Å²) in [6, 6.07) is 15.7. The molecule has 0 aliphatic heterocycles. The van der Waals surface area contributed by atoms with Gasteiger partial charge >= 0.3 is 0 Å². The minimum atomic E-state index is -0.489. The van der Waals surface area contributed by atoms with Gasteiger partial charge in [-0.2, -0.15) is 0 Å². The molecule has 0 bridgehead atoms. The Kier molecular flexibility index (Phi) is 8.49. The van der Waals surface area contributed by atoms with Crippen molar-refractivity contribution in [3.8, 4) is 5.75 Å². The minimum absolute atomic E-state index is 0. The van der Waals surface area contributed by atoms with Crippen LogP contribution in [0.25, 0.3) is 0 Å². The van der Waals surface area contributed by atoms with E-state index in [-0.39, 0.29) is 12.4 Å². The van der Waals surface area contributed by atoms with Crippen LogP contribution in [0.15, 0.2) is 53.0 Å². The van der Waals surface area contributed by atoms with Crippen molar-refractivity contribution in [3.63, 3.8) is 0 Å². The quantitative estimate of drug-likeness (QED) is 0.753. The Balaban J connectivity index is 0.00000242. The molecule has 1 atom stereocenters. The Morgan fingerprint density at radius 3 is 2.55 bits per heavy atom. The number of benzene rings is 2. The van der Waals surface area contributed by atoms with E-state index in [9.17, 15) is 5.11 Å². The van der Waals surface area contributed by atoms with E-state index in [4.69, 9.17) is 4.74 Å². The number of aliphatic hydroxyl groups is 1. The Morgan fingerprint density at radius 2 is 1.91 bits per heavy atom. The van der Waals surface area contributed by atoms with Gasteiger partial charge in [-0.25, -0.2) is 0 Å². The normalized spacial score (nSPS) is 11.6. The maximum atomic E-state index is 10.1. The molecule has 22 heavy (non-hydrogen) atoms. The second kappa shape index (κ2) is 9.85. The average molecular weight is 387 g/mol. The molecule has 2 aromatic carbocycles. The van der Waals surface area contributed by atoms with Crippen molar-refractivity contribution in [2.45, 2.75) is 19.6 Å². The highest BCUT2D eigenvalue weighted by Crippen LogP contribution is 2.26. The van der Waals surface area contributed by atoms with Gasteiger partial charge in [-0.05, 0) is 46.1 Å². The van der Waals surface area contributed by atoms with Gasteiger partial charge in [-0.1, -0.05) is 36.4 Å². The molecule has 0 aliphatic carbocycles. The van der Waals surface area contributed by atoms with Gasteiger partial charge in [0.05, 0.1) is 17.2 Å². The first-order valence-corrected chi connectivity index (χ1v) is 7.85. The number of hydrogen-bond acceptors (Lipinski definition) is 3. The van der Waals surface area contributed by atoms with Crippen LogP contribution in [0.3, 0.4) is 0 Å².